The molecule has 118 valence electrons. The molecular weight excluding hydrogens is 310 g/mol. The van der Waals surface area contributed by atoms with Crippen molar-refractivity contribution in [3.8, 4) is 0 Å². The van der Waals surface area contributed by atoms with E-state index >= 15 is 0 Å². The first kappa shape index (κ1) is 16.4. The molecule has 1 aliphatic heterocycles. The maximum absolute atomic E-state index is 11.5. The van der Waals surface area contributed by atoms with Crippen molar-refractivity contribution in [3.63, 3.8) is 0 Å². The molecule has 1 amide bonds. The summed E-state index contributed by atoms with van der Waals surface area (Å²) < 4.78 is 22.7. The first-order valence-electron chi connectivity index (χ1n) is 7.07. The molecule has 1 saturated heterocycles. The van der Waals surface area contributed by atoms with Crippen molar-refractivity contribution in [2.75, 3.05) is 23.0 Å². The van der Waals surface area contributed by atoms with Gasteiger partial charge < -0.3 is 5.32 Å². The molecule has 2 rings (SSSR count). The summed E-state index contributed by atoms with van der Waals surface area (Å²) >= 11 is 1.46. The minimum Gasteiger partial charge on any atom is -0.308 e. The standard InChI is InChI=1S/C13H21N3O3S2/c1-3-16(10(2)17)13-15-12(9-20-13)8-14-11-4-6-21(18,19)7-5-11/h9,11,14H,3-8H2,1-2H3. The first-order chi connectivity index (χ1) is 9.91. The number of hydrogen-bond acceptors (Lipinski definition) is 6. The van der Waals surface area contributed by atoms with Crippen LogP contribution in [-0.2, 0) is 21.2 Å². The monoisotopic (exact) mass is 331 g/mol. The normalized spacial score (nSPS) is 18.6. The third kappa shape index (κ3) is 4.49. The number of sulfone groups is 1. The molecule has 1 aromatic heterocycles. The summed E-state index contributed by atoms with van der Waals surface area (Å²) in [6, 6.07) is 0.230. The molecule has 21 heavy (non-hydrogen) atoms. The molecule has 0 bridgehead atoms. The quantitative estimate of drug-likeness (QED) is 0.876. The van der Waals surface area contributed by atoms with Crippen molar-refractivity contribution < 1.29 is 13.2 Å². The highest BCUT2D eigenvalue weighted by Gasteiger charge is 2.23. The summed E-state index contributed by atoms with van der Waals surface area (Å²) in [5, 5.41) is 6.01. The van der Waals surface area contributed by atoms with E-state index in [4.69, 9.17) is 0 Å². The molecule has 1 fully saturated rings. The van der Waals surface area contributed by atoms with Crippen LogP contribution in [0.5, 0.6) is 0 Å². The lowest BCUT2D eigenvalue weighted by molar-refractivity contribution is -0.116. The molecular formula is C13H21N3O3S2. The van der Waals surface area contributed by atoms with Crippen molar-refractivity contribution in [1.82, 2.24) is 10.3 Å². The number of carbonyl (C=O) groups is 1. The Kier molecular flexibility index (Phi) is 5.34. The van der Waals surface area contributed by atoms with Gasteiger partial charge in [0.1, 0.15) is 9.84 Å². The number of hydrogen-bond donors (Lipinski definition) is 1. The average molecular weight is 331 g/mol. The number of nitrogens with one attached hydrogen (secondary N) is 1. The van der Waals surface area contributed by atoms with Gasteiger partial charge in [0.05, 0.1) is 17.2 Å². The minimum atomic E-state index is -2.82. The van der Waals surface area contributed by atoms with Gasteiger partial charge in [-0.3, -0.25) is 9.69 Å². The first-order valence-corrected chi connectivity index (χ1v) is 9.77. The van der Waals surface area contributed by atoms with E-state index in [0.717, 1.165) is 5.69 Å². The topological polar surface area (TPSA) is 79.4 Å². The lowest BCUT2D eigenvalue weighted by Crippen LogP contribution is -2.37. The zero-order valence-corrected chi connectivity index (χ0v) is 14.0. The maximum Gasteiger partial charge on any atom is 0.225 e. The van der Waals surface area contributed by atoms with Gasteiger partial charge in [0.25, 0.3) is 0 Å². The predicted octanol–water partition coefficient (Wildman–Crippen LogP) is 1.18. The number of amides is 1. The fourth-order valence-corrected chi connectivity index (χ4v) is 4.76. The third-order valence-electron chi connectivity index (χ3n) is 3.59. The van der Waals surface area contributed by atoms with E-state index in [1.165, 1.54) is 18.3 Å². The summed E-state index contributed by atoms with van der Waals surface area (Å²) in [4.78, 5) is 17.6. The van der Waals surface area contributed by atoms with E-state index in [2.05, 4.69) is 10.3 Å². The van der Waals surface area contributed by atoms with Gasteiger partial charge >= 0.3 is 0 Å². The van der Waals surface area contributed by atoms with Crippen molar-refractivity contribution in [2.24, 2.45) is 0 Å². The van der Waals surface area contributed by atoms with Crippen molar-refractivity contribution >= 4 is 32.2 Å². The van der Waals surface area contributed by atoms with Gasteiger partial charge in [-0.25, -0.2) is 13.4 Å². The van der Waals surface area contributed by atoms with E-state index in [9.17, 15) is 13.2 Å². The second-order valence-electron chi connectivity index (χ2n) is 5.19. The summed E-state index contributed by atoms with van der Waals surface area (Å²) in [7, 11) is -2.82. The second kappa shape index (κ2) is 6.85. The zero-order chi connectivity index (χ0) is 15.5. The highest BCUT2D eigenvalue weighted by molar-refractivity contribution is 7.91. The van der Waals surface area contributed by atoms with E-state index < -0.39 is 9.84 Å². The highest BCUT2D eigenvalue weighted by atomic mass is 32.2. The van der Waals surface area contributed by atoms with E-state index in [0.29, 0.717) is 31.1 Å². The van der Waals surface area contributed by atoms with Gasteiger partial charge in [0.15, 0.2) is 5.13 Å². The van der Waals surface area contributed by atoms with Gasteiger partial charge in [0, 0.05) is 31.4 Å². The van der Waals surface area contributed by atoms with Crippen LogP contribution in [-0.4, -0.2) is 43.4 Å². The number of rotatable bonds is 5. The Hall–Kier alpha value is -0.990. The highest BCUT2D eigenvalue weighted by Crippen LogP contribution is 2.21. The zero-order valence-electron chi connectivity index (χ0n) is 12.3. The molecule has 6 nitrogen and oxygen atoms in total. The largest absolute Gasteiger partial charge is 0.308 e. The summed E-state index contributed by atoms with van der Waals surface area (Å²) in [5.41, 5.74) is 0.892. The molecule has 8 heteroatoms. The molecule has 1 N–H and O–H groups in total. The minimum absolute atomic E-state index is 0.0103. The van der Waals surface area contributed by atoms with Gasteiger partial charge in [0.2, 0.25) is 5.91 Å². The molecule has 0 saturated carbocycles. The molecule has 0 aromatic carbocycles. The van der Waals surface area contributed by atoms with Gasteiger partial charge in [-0.1, -0.05) is 0 Å². The molecule has 1 aliphatic rings. The number of anilines is 1. The number of nitrogens with zero attached hydrogens (tertiary/aromatic N) is 2. The third-order valence-corrected chi connectivity index (χ3v) is 6.22. The molecule has 0 aliphatic carbocycles. The van der Waals surface area contributed by atoms with Crippen LogP contribution in [0.2, 0.25) is 0 Å². The van der Waals surface area contributed by atoms with Crippen molar-refractivity contribution in [1.29, 1.82) is 0 Å². The Morgan fingerprint density at radius 2 is 2.14 bits per heavy atom. The fourth-order valence-electron chi connectivity index (χ4n) is 2.34. The average Bonchev–Trinajstić information content (AvgIpc) is 2.86. The molecule has 0 radical (unpaired) electrons. The number of thiazole rings is 1. The summed E-state index contributed by atoms with van der Waals surface area (Å²) in [6.45, 7) is 4.67. The number of carbonyl (C=O) groups excluding carboxylic acids is 1. The summed E-state index contributed by atoms with van der Waals surface area (Å²) in [6.07, 6.45) is 1.32. The molecule has 1 aromatic rings. The molecule has 0 unspecified atom stereocenters. The van der Waals surface area contributed by atoms with Crippen LogP contribution >= 0.6 is 11.3 Å². The Balaban J connectivity index is 1.87. The Morgan fingerprint density at radius 1 is 1.48 bits per heavy atom. The smallest absolute Gasteiger partial charge is 0.225 e. The van der Waals surface area contributed by atoms with Crippen LogP contribution < -0.4 is 10.2 Å². The number of aromatic nitrogens is 1. The lowest BCUT2D eigenvalue weighted by Gasteiger charge is -2.22. The van der Waals surface area contributed by atoms with Crippen LogP contribution in [0.4, 0.5) is 5.13 Å². The van der Waals surface area contributed by atoms with Gasteiger partial charge in [-0.15, -0.1) is 11.3 Å². The van der Waals surface area contributed by atoms with Crippen LogP contribution in [0.15, 0.2) is 5.38 Å². The van der Waals surface area contributed by atoms with Crippen molar-refractivity contribution in [3.05, 3.63) is 11.1 Å². The predicted molar refractivity (Wildman–Crippen MR) is 84.3 cm³/mol. The van der Waals surface area contributed by atoms with Crippen LogP contribution in [0.1, 0.15) is 32.4 Å². The van der Waals surface area contributed by atoms with Crippen LogP contribution in [0, 0.1) is 0 Å². The van der Waals surface area contributed by atoms with E-state index in [-0.39, 0.29) is 23.5 Å². The second-order valence-corrected chi connectivity index (χ2v) is 8.33. The van der Waals surface area contributed by atoms with Crippen LogP contribution in [0.25, 0.3) is 0 Å². The fraction of sp³-hybridized carbons (Fsp3) is 0.692. The van der Waals surface area contributed by atoms with E-state index in [1.54, 1.807) is 4.90 Å². The Bertz CT molecular complexity index is 584. The van der Waals surface area contributed by atoms with Crippen molar-refractivity contribution in [2.45, 2.75) is 39.3 Å². The lowest BCUT2D eigenvalue weighted by atomic mass is 10.1. The molecule has 2 heterocycles. The molecule has 0 atom stereocenters. The van der Waals surface area contributed by atoms with E-state index in [1.807, 2.05) is 12.3 Å². The molecule has 0 spiro atoms. The summed E-state index contributed by atoms with van der Waals surface area (Å²) in [5.74, 6) is 0.519. The van der Waals surface area contributed by atoms with Gasteiger partial charge in [-0.05, 0) is 19.8 Å². The van der Waals surface area contributed by atoms with Crippen LogP contribution in [0.3, 0.4) is 0 Å². The van der Waals surface area contributed by atoms with Gasteiger partial charge in [-0.2, -0.15) is 0 Å². The Morgan fingerprint density at radius 3 is 2.71 bits per heavy atom. The Labute approximate surface area is 129 Å². The maximum atomic E-state index is 11.5. The SMILES string of the molecule is CCN(C(C)=O)c1nc(CNC2CCS(=O)(=O)CC2)cs1.